The molecule has 64 heavy (non-hydrogen) atoms. The summed E-state index contributed by atoms with van der Waals surface area (Å²) in [7, 11) is 0. The third kappa shape index (κ3) is 7.23. The average Bonchev–Trinajstić information content (AvgIpc) is 3.23. The van der Waals surface area contributed by atoms with Gasteiger partial charge in [0, 0.05) is 52.4 Å². The molecule has 0 saturated heterocycles. The van der Waals surface area contributed by atoms with Crippen LogP contribution in [0, 0.1) is 0 Å². The standard InChI is InChI=1S/C44H34O20/c45-19-11-26(51)34-32(12-19)61-40(16-2-4-22(47)25(50)6-16)42(64-44(60)18-9-30(55)38(58)31(56)10-18)36(34)35-27(52)14-23(48)20-13-33(62-43(59)17-7-28(53)37(57)29(54)8-17)39(63-41(20)35)15-1-3-21(46)24(49)5-15/h1-12,14,33,36,39-40,42,45-58H,13H2/t33-,36+,39-,40-,42+/m1/s1. The lowest BCUT2D eigenvalue weighted by molar-refractivity contribution is -0.0303. The Bertz CT molecular complexity index is 2860. The monoisotopic (exact) mass is 882 g/mol. The molecular formula is C44H34O20. The van der Waals surface area contributed by atoms with E-state index in [2.05, 4.69) is 0 Å². The first-order valence-electron chi connectivity index (χ1n) is 18.7. The van der Waals surface area contributed by atoms with Crippen molar-refractivity contribution in [2.45, 2.75) is 36.8 Å². The predicted octanol–water partition coefficient (Wildman–Crippen LogP) is 4.96. The van der Waals surface area contributed by atoms with Crippen LogP contribution in [-0.2, 0) is 15.9 Å². The normalized spacial score (nSPS) is 18.7. The van der Waals surface area contributed by atoms with Crippen LogP contribution in [0.3, 0.4) is 0 Å². The Kier molecular flexibility index (Phi) is 10.1. The van der Waals surface area contributed by atoms with Gasteiger partial charge in [-0.25, -0.2) is 9.59 Å². The van der Waals surface area contributed by atoms with Crippen LogP contribution in [0.25, 0.3) is 0 Å². The third-order valence-corrected chi connectivity index (χ3v) is 10.7. The number of phenolic OH excluding ortho intramolecular Hbond substituents is 14. The maximum Gasteiger partial charge on any atom is 0.338 e. The maximum absolute atomic E-state index is 14.1. The number of carbonyl (C=O) groups excluding carboxylic acids is 2. The minimum atomic E-state index is -1.85. The Morgan fingerprint density at radius 3 is 1.50 bits per heavy atom. The topological polar surface area (TPSA) is 354 Å². The van der Waals surface area contributed by atoms with Crippen molar-refractivity contribution in [3.05, 3.63) is 118 Å². The zero-order valence-corrected chi connectivity index (χ0v) is 32.3. The minimum Gasteiger partial charge on any atom is -0.508 e. The van der Waals surface area contributed by atoms with Gasteiger partial charge in [-0.2, -0.15) is 0 Å². The van der Waals surface area contributed by atoms with Crippen molar-refractivity contribution in [3.63, 3.8) is 0 Å². The van der Waals surface area contributed by atoms with Gasteiger partial charge in [-0.3, -0.25) is 0 Å². The van der Waals surface area contributed by atoms with E-state index in [1.54, 1.807) is 0 Å². The number of aromatic hydroxyl groups is 14. The number of rotatable bonds is 7. The van der Waals surface area contributed by atoms with E-state index in [0.29, 0.717) is 0 Å². The van der Waals surface area contributed by atoms with Crippen molar-refractivity contribution in [1.82, 2.24) is 0 Å². The van der Waals surface area contributed by atoms with Gasteiger partial charge in [-0.1, -0.05) is 12.1 Å². The fourth-order valence-corrected chi connectivity index (χ4v) is 7.74. The molecule has 330 valence electrons. The smallest absolute Gasteiger partial charge is 0.338 e. The van der Waals surface area contributed by atoms with Crippen LogP contribution in [0.1, 0.15) is 66.7 Å². The van der Waals surface area contributed by atoms with E-state index in [4.69, 9.17) is 18.9 Å². The summed E-state index contributed by atoms with van der Waals surface area (Å²) in [4.78, 5) is 27.6. The molecule has 2 aliphatic rings. The van der Waals surface area contributed by atoms with E-state index in [0.717, 1.165) is 66.7 Å². The molecule has 0 unspecified atom stereocenters. The first-order chi connectivity index (χ1) is 30.3. The van der Waals surface area contributed by atoms with Gasteiger partial charge in [0.15, 0.2) is 75.8 Å². The summed E-state index contributed by atoms with van der Waals surface area (Å²) < 4.78 is 24.6. The van der Waals surface area contributed by atoms with Crippen LogP contribution in [-0.4, -0.2) is 95.6 Å². The van der Waals surface area contributed by atoms with Crippen LogP contribution in [0.4, 0.5) is 0 Å². The van der Waals surface area contributed by atoms with Gasteiger partial charge in [0.05, 0.1) is 17.0 Å². The highest BCUT2D eigenvalue weighted by Gasteiger charge is 2.49. The summed E-state index contributed by atoms with van der Waals surface area (Å²) >= 11 is 0. The van der Waals surface area contributed by atoms with Crippen molar-refractivity contribution in [3.8, 4) is 92.0 Å². The van der Waals surface area contributed by atoms with Crippen LogP contribution in [0.5, 0.6) is 92.0 Å². The Hall–Kier alpha value is -8.94. The molecule has 6 aromatic rings. The number of hydrogen-bond acceptors (Lipinski definition) is 20. The highest BCUT2D eigenvalue weighted by Crippen LogP contribution is 2.58. The van der Waals surface area contributed by atoms with Crippen molar-refractivity contribution < 1.29 is 100 Å². The Balaban J connectivity index is 1.34. The molecule has 2 aliphatic heterocycles. The highest BCUT2D eigenvalue weighted by atomic mass is 16.6. The molecule has 0 aliphatic carbocycles. The molecule has 6 aromatic carbocycles. The lowest BCUT2D eigenvalue weighted by Gasteiger charge is -2.42. The summed E-state index contributed by atoms with van der Waals surface area (Å²) in [5.74, 6) is -15.6. The molecule has 20 heteroatoms. The molecule has 0 radical (unpaired) electrons. The van der Waals surface area contributed by atoms with Gasteiger partial charge < -0.3 is 90.4 Å². The van der Waals surface area contributed by atoms with Crippen molar-refractivity contribution >= 4 is 11.9 Å². The molecule has 14 N–H and O–H groups in total. The number of hydrogen-bond donors (Lipinski definition) is 14. The molecule has 0 amide bonds. The van der Waals surface area contributed by atoms with E-state index in [1.165, 1.54) is 12.1 Å². The van der Waals surface area contributed by atoms with Crippen molar-refractivity contribution in [2.24, 2.45) is 0 Å². The van der Waals surface area contributed by atoms with E-state index >= 15 is 0 Å². The third-order valence-electron chi connectivity index (χ3n) is 10.7. The fourth-order valence-electron chi connectivity index (χ4n) is 7.74. The Morgan fingerprint density at radius 1 is 0.469 bits per heavy atom. The van der Waals surface area contributed by atoms with E-state index in [9.17, 15) is 81.1 Å². The van der Waals surface area contributed by atoms with E-state index in [1.807, 2.05) is 0 Å². The van der Waals surface area contributed by atoms with Gasteiger partial charge in [0.25, 0.3) is 0 Å². The van der Waals surface area contributed by atoms with Gasteiger partial charge in [0.1, 0.15) is 40.6 Å². The number of ether oxygens (including phenoxy) is 4. The number of esters is 2. The molecule has 0 fully saturated rings. The molecule has 20 nitrogen and oxygen atoms in total. The van der Waals surface area contributed by atoms with Gasteiger partial charge in [-0.15, -0.1) is 0 Å². The molecule has 2 heterocycles. The van der Waals surface area contributed by atoms with Crippen molar-refractivity contribution in [1.29, 1.82) is 0 Å². The summed E-state index contributed by atoms with van der Waals surface area (Å²) in [5.41, 5.74) is -1.85. The van der Waals surface area contributed by atoms with E-state index in [-0.39, 0.29) is 33.6 Å². The van der Waals surface area contributed by atoms with Gasteiger partial charge >= 0.3 is 11.9 Å². The summed E-state index contributed by atoms with van der Waals surface area (Å²) in [6.07, 6.45) is -6.98. The molecular weight excluding hydrogens is 848 g/mol. The minimum absolute atomic E-state index is 0.0106. The Labute approximate surface area is 358 Å². The summed E-state index contributed by atoms with van der Waals surface area (Å²) in [6, 6.07) is 12.6. The molecule has 8 rings (SSSR count). The zero-order valence-electron chi connectivity index (χ0n) is 32.3. The second kappa shape index (κ2) is 15.5. The number of carbonyl (C=O) groups is 2. The van der Waals surface area contributed by atoms with E-state index < -0.39 is 146 Å². The SMILES string of the molecule is O=C(O[C@H]1[C@H](c2c(O)cc(O)c3c2O[C@H](c2ccc(O)c(O)c2)[C@H](OC(=O)c2cc(O)c(O)c(O)c2)C3)c2c(O)cc(O)cc2O[C@@H]1c1ccc(O)c(O)c1)c1cc(O)c(O)c(O)c1. The second-order valence-electron chi connectivity index (χ2n) is 14.8. The highest BCUT2D eigenvalue weighted by molar-refractivity contribution is 5.92. The number of benzene rings is 6. The predicted molar refractivity (Wildman–Crippen MR) is 213 cm³/mol. The van der Waals surface area contributed by atoms with Gasteiger partial charge in [-0.05, 0) is 48.5 Å². The van der Waals surface area contributed by atoms with Crippen LogP contribution < -0.4 is 9.47 Å². The van der Waals surface area contributed by atoms with Crippen LogP contribution >= 0.6 is 0 Å². The van der Waals surface area contributed by atoms with Crippen LogP contribution in [0.15, 0.2) is 78.9 Å². The molecule has 0 spiro atoms. The van der Waals surface area contributed by atoms with Crippen LogP contribution in [0.2, 0.25) is 0 Å². The number of phenols is 14. The van der Waals surface area contributed by atoms with Crippen molar-refractivity contribution in [2.75, 3.05) is 0 Å². The van der Waals surface area contributed by atoms with Gasteiger partial charge in [0.2, 0.25) is 0 Å². The molecule has 5 atom stereocenters. The first-order valence-corrected chi connectivity index (χ1v) is 18.7. The molecule has 0 saturated carbocycles. The molecule has 0 aromatic heterocycles. The summed E-state index contributed by atoms with van der Waals surface area (Å²) in [5, 5.41) is 147. The first kappa shape index (κ1) is 41.8. The average molecular weight is 883 g/mol. The lowest BCUT2D eigenvalue weighted by Crippen LogP contribution is -2.40. The quantitative estimate of drug-likeness (QED) is 0.0744. The number of fused-ring (bicyclic) bond motifs is 2. The lowest BCUT2D eigenvalue weighted by atomic mass is 9.77. The second-order valence-corrected chi connectivity index (χ2v) is 14.8. The zero-order chi connectivity index (χ0) is 46.0. The molecule has 0 bridgehead atoms. The largest absolute Gasteiger partial charge is 0.508 e. The summed E-state index contributed by atoms with van der Waals surface area (Å²) in [6.45, 7) is 0. The fraction of sp³-hybridized carbons (Fsp3) is 0.136. The maximum atomic E-state index is 14.1. The Morgan fingerprint density at radius 2 is 0.969 bits per heavy atom.